The van der Waals surface area contributed by atoms with E-state index in [0.717, 1.165) is 4.90 Å². The minimum Gasteiger partial charge on any atom is -0.497 e. The zero-order valence-electron chi connectivity index (χ0n) is 15.5. The van der Waals surface area contributed by atoms with E-state index in [1.165, 1.54) is 14.2 Å². The van der Waals surface area contributed by atoms with Crippen molar-refractivity contribution in [3.8, 4) is 5.75 Å². The fourth-order valence-electron chi connectivity index (χ4n) is 2.20. The summed E-state index contributed by atoms with van der Waals surface area (Å²) in [4.78, 5) is 37.1. The molecular weight excluding hydrogens is 410 g/mol. The van der Waals surface area contributed by atoms with Gasteiger partial charge in [-0.25, -0.2) is 13.6 Å². The van der Waals surface area contributed by atoms with Crippen LogP contribution in [0.5, 0.6) is 5.75 Å². The Bertz CT molecular complexity index is 939. The lowest BCUT2D eigenvalue weighted by Gasteiger charge is -2.17. The molecule has 0 aliphatic carbocycles. The van der Waals surface area contributed by atoms with E-state index in [0.29, 0.717) is 23.6 Å². The van der Waals surface area contributed by atoms with E-state index in [1.54, 1.807) is 24.3 Å². The third-order valence-electron chi connectivity index (χ3n) is 3.72. The van der Waals surface area contributed by atoms with Crippen molar-refractivity contribution in [2.45, 2.75) is 0 Å². The van der Waals surface area contributed by atoms with E-state index in [2.05, 4.69) is 5.32 Å². The Morgan fingerprint density at radius 1 is 1.14 bits per heavy atom. The number of anilines is 1. The van der Waals surface area contributed by atoms with Crippen molar-refractivity contribution in [2.24, 2.45) is 0 Å². The number of halogens is 3. The third kappa shape index (κ3) is 6.15. The molecule has 0 aliphatic heterocycles. The van der Waals surface area contributed by atoms with Gasteiger partial charge in [0.05, 0.1) is 24.2 Å². The normalized spacial score (nSPS) is 10.2. The first-order valence-corrected chi connectivity index (χ1v) is 8.58. The van der Waals surface area contributed by atoms with Gasteiger partial charge in [-0.2, -0.15) is 0 Å². The van der Waals surface area contributed by atoms with Crippen LogP contribution in [-0.4, -0.2) is 50.0 Å². The van der Waals surface area contributed by atoms with Crippen molar-refractivity contribution in [1.82, 2.24) is 4.90 Å². The molecule has 0 fully saturated rings. The van der Waals surface area contributed by atoms with Gasteiger partial charge in [-0.1, -0.05) is 17.7 Å². The van der Waals surface area contributed by atoms with Crippen LogP contribution in [0.4, 0.5) is 14.5 Å². The Morgan fingerprint density at radius 2 is 1.83 bits per heavy atom. The van der Waals surface area contributed by atoms with E-state index in [1.807, 2.05) is 0 Å². The number of esters is 1. The van der Waals surface area contributed by atoms with E-state index in [9.17, 15) is 23.2 Å². The fraction of sp³-hybridized carbons (Fsp3) is 0.211. The number of ether oxygens (including phenoxy) is 2. The van der Waals surface area contributed by atoms with E-state index < -0.39 is 41.6 Å². The first-order chi connectivity index (χ1) is 13.7. The zero-order chi connectivity index (χ0) is 21.6. The summed E-state index contributed by atoms with van der Waals surface area (Å²) in [7, 11) is 2.83. The van der Waals surface area contributed by atoms with Gasteiger partial charge in [0.25, 0.3) is 5.91 Å². The second-order valence-electron chi connectivity index (χ2n) is 5.85. The molecule has 2 amide bonds. The predicted molar refractivity (Wildman–Crippen MR) is 101 cm³/mol. The minimum absolute atomic E-state index is 0.306. The van der Waals surface area contributed by atoms with Gasteiger partial charge in [-0.3, -0.25) is 9.59 Å². The first-order valence-electron chi connectivity index (χ1n) is 8.20. The molecule has 10 heteroatoms. The maximum absolute atomic E-state index is 13.2. The molecule has 0 unspecified atom stereocenters. The Balaban J connectivity index is 1.87. The van der Waals surface area contributed by atoms with Gasteiger partial charge >= 0.3 is 5.97 Å². The lowest BCUT2D eigenvalue weighted by Crippen LogP contribution is -2.37. The number of carbonyl (C=O) groups is 3. The Hall–Kier alpha value is -3.20. The van der Waals surface area contributed by atoms with Crippen LogP contribution in [-0.2, 0) is 14.3 Å². The summed E-state index contributed by atoms with van der Waals surface area (Å²) < 4.78 is 36.1. The average Bonchev–Trinajstić information content (AvgIpc) is 2.68. The summed E-state index contributed by atoms with van der Waals surface area (Å²) in [6.07, 6.45) is 0. The number of benzene rings is 2. The molecule has 0 radical (unpaired) electrons. The largest absolute Gasteiger partial charge is 0.497 e. The molecule has 1 N–H and O–H groups in total. The molecule has 0 atom stereocenters. The molecule has 0 bridgehead atoms. The number of hydrogen-bond donors (Lipinski definition) is 1. The number of amides is 2. The van der Waals surface area contributed by atoms with Crippen molar-refractivity contribution in [1.29, 1.82) is 0 Å². The van der Waals surface area contributed by atoms with E-state index in [-0.39, 0.29) is 11.6 Å². The summed E-state index contributed by atoms with van der Waals surface area (Å²) in [6, 6.07) is 7.86. The number of hydrogen-bond acceptors (Lipinski definition) is 5. The van der Waals surface area contributed by atoms with Crippen LogP contribution in [0.25, 0.3) is 0 Å². The molecule has 0 aromatic heterocycles. The van der Waals surface area contributed by atoms with Crippen LogP contribution < -0.4 is 10.1 Å². The van der Waals surface area contributed by atoms with Crippen LogP contribution >= 0.6 is 11.6 Å². The average molecular weight is 427 g/mol. The van der Waals surface area contributed by atoms with Gasteiger partial charge in [0.15, 0.2) is 18.2 Å². The minimum atomic E-state index is -1.28. The van der Waals surface area contributed by atoms with Crippen LogP contribution in [0, 0.1) is 11.6 Å². The van der Waals surface area contributed by atoms with Gasteiger partial charge < -0.3 is 19.7 Å². The van der Waals surface area contributed by atoms with E-state index in [4.69, 9.17) is 21.1 Å². The van der Waals surface area contributed by atoms with Gasteiger partial charge in [0, 0.05) is 18.8 Å². The lowest BCUT2D eigenvalue weighted by atomic mass is 10.2. The van der Waals surface area contributed by atoms with Crippen LogP contribution in [0.3, 0.4) is 0 Å². The summed E-state index contributed by atoms with van der Waals surface area (Å²) in [6.45, 7) is -1.02. The second-order valence-corrected chi connectivity index (χ2v) is 6.26. The fourth-order valence-corrected chi connectivity index (χ4v) is 2.43. The molecule has 0 aliphatic rings. The molecule has 154 valence electrons. The molecule has 7 nitrogen and oxygen atoms in total. The van der Waals surface area contributed by atoms with Gasteiger partial charge in [0.2, 0.25) is 5.91 Å². The highest BCUT2D eigenvalue weighted by Crippen LogP contribution is 2.21. The Morgan fingerprint density at radius 3 is 2.52 bits per heavy atom. The molecule has 2 rings (SSSR count). The highest BCUT2D eigenvalue weighted by Gasteiger charge is 2.19. The molecule has 2 aromatic carbocycles. The van der Waals surface area contributed by atoms with Crippen molar-refractivity contribution in [3.63, 3.8) is 0 Å². The molecule has 0 heterocycles. The third-order valence-corrected chi connectivity index (χ3v) is 4.03. The number of nitrogens with zero attached hydrogens (tertiary/aromatic N) is 1. The monoisotopic (exact) mass is 426 g/mol. The van der Waals surface area contributed by atoms with E-state index >= 15 is 0 Å². The Labute approximate surface area is 170 Å². The smallest absolute Gasteiger partial charge is 0.340 e. The SMILES string of the molecule is COc1cccc(NC(=O)CN(C)C(=O)COC(=O)c2cc(F)c(F)cc2Cl)c1. The van der Waals surface area contributed by atoms with Gasteiger partial charge in [-0.15, -0.1) is 0 Å². The maximum Gasteiger partial charge on any atom is 0.340 e. The zero-order valence-corrected chi connectivity index (χ0v) is 16.3. The van der Waals surface area contributed by atoms with Crippen LogP contribution in [0.15, 0.2) is 36.4 Å². The number of methoxy groups -OCH3 is 1. The Kier molecular flexibility index (Phi) is 7.49. The lowest BCUT2D eigenvalue weighted by molar-refractivity contribution is -0.136. The molecule has 29 heavy (non-hydrogen) atoms. The van der Waals surface area contributed by atoms with Gasteiger partial charge in [-0.05, 0) is 24.3 Å². The van der Waals surface area contributed by atoms with Crippen molar-refractivity contribution < 1.29 is 32.6 Å². The summed E-state index contributed by atoms with van der Waals surface area (Å²) >= 11 is 5.68. The number of rotatable bonds is 7. The molecule has 2 aromatic rings. The molecular formula is C19H17ClF2N2O5. The first kappa shape index (κ1) is 22.1. The second kappa shape index (κ2) is 9.83. The standard InChI is InChI=1S/C19H17ClF2N2O5/c1-24(9-17(25)23-11-4-3-5-12(6-11)28-2)18(26)10-29-19(27)13-7-15(21)16(22)8-14(13)20/h3-8H,9-10H2,1-2H3,(H,23,25). The summed E-state index contributed by atoms with van der Waals surface area (Å²) in [5.41, 5.74) is 0.0615. The quantitative estimate of drug-likeness (QED) is 0.543. The number of likely N-dealkylation sites (N-methyl/N-ethyl adjacent to an activating group) is 1. The van der Waals surface area contributed by atoms with Gasteiger partial charge in [0.1, 0.15) is 5.75 Å². The van der Waals surface area contributed by atoms with Crippen molar-refractivity contribution in [3.05, 3.63) is 58.6 Å². The summed E-state index contributed by atoms with van der Waals surface area (Å²) in [5.74, 6) is -4.21. The highest BCUT2D eigenvalue weighted by atomic mass is 35.5. The van der Waals surface area contributed by atoms with Crippen LogP contribution in [0.1, 0.15) is 10.4 Å². The number of nitrogens with one attached hydrogen (secondary N) is 1. The highest BCUT2D eigenvalue weighted by molar-refractivity contribution is 6.33. The molecule has 0 saturated carbocycles. The number of carbonyl (C=O) groups excluding carboxylic acids is 3. The molecule has 0 spiro atoms. The van der Waals surface area contributed by atoms with Crippen molar-refractivity contribution >= 4 is 35.1 Å². The summed E-state index contributed by atoms with van der Waals surface area (Å²) in [5, 5.41) is 2.24. The van der Waals surface area contributed by atoms with Crippen molar-refractivity contribution in [2.75, 3.05) is 32.6 Å². The topological polar surface area (TPSA) is 84.9 Å². The maximum atomic E-state index is 13.2. The predicted octanol–water partition coefficient (Wildman–Crippen LogP) is 2.88. The van der Waals surface area contributed by atoms with Crippen LogP contribution in [0.2, 0.25) is 5.02 Å². The molecule has 0 saturated heterocycles.